The Labute approximate surface area is 181 Å². The molecule has 0 aliphatic heterocycles. The normalized spacial score (nSPS) is 10.8. The van der Waals surface area contributed by atoms with E-state index in [1.807, 2.05) is 97.3 Å². The molecule has 0 bridgehead atoms. The molecule has 156 valence electrons. The Morgan fingerprint density at radius 3 is 2.32 bits per heavy atom. The van der Waals surface area contributed by atoms with Gasteiger partial charge in [0.1, 0.15) is 5.69 Å². The molecule has 0 aliphatic rings. The Hall–Kier alpha value is -3.86. The average Bonchev–Trinajstić information content (AvgIpc) is 3.16. The highest BCUT2D eigenvalue weighted by molar-refractivity contribution is 6.06. The third-order valence-corrected chi connectivity index (χ3v) is 5.32. The number of aromatic nitrogens is 1. The summed E-state index contributed by atoms with van der Waals surface area (Å²) in [6.07, 6.45) is 0. The predicted octanol–water partition coefficient (Wildman–Crippen LogP) is 5.15. The lowest BCUT2D eigenvalue weighted by molar-refractivity contribution is 0.0941. The number of hydrogen-bond donors (Lipinski definition) is 2. The van der Waals surface area contributed by atoms with Crippen molar-refractivity contribution in [1.29, 1.82) is 0 Å². The van der Waals surface area contributed by atoms with Crippen molar-refractivity contribution < 1.29 is 9.59 Å². The van der Waals surface area contributed by atoms with E-state index >= 15 is 0 Å². The van der Waals surface area contributed by atoms with Crippen LogP contribution in [0, 0.1) is 6.92 Å². The summed E-state index contributed by atoms with van der Waals surface area (Å²) in [5.41, 5.74) is 5.03. The van der Waals surface area contributed by atoms with Crippen LogP contribution in [0.15, 0.2) is 78.9 Å². The van der Waals surface area contributed by atoms with Gasteiger partial charge in [-0.1, -0.05) is 48.0 Å². The fourth-order valence-corrected chi connectivity index (χ4v) is 3.65. The Bertz CT molecular complexity index is 1220. The van der Waals surface area contributed by atoms with E-state index < -0.39 is 0 Å². The highest BCUT2D eigenvalue weighted by atomic mass is 16.2. The Balaban J connectivity index is 1.55. The minimum absolute atomic E-state index is 0.118. The summed E-state index contributed by atoms with van der Waals surface area (Å²) in [7, 11) is 0. The third kappa shape index (κ3) is 4.51. The van der Waals surface area contributed by atoms with Gasteiger partial charge in [-0.2, -0.15) is 0 Å². The Kier molecular flexibility index (Phi) is 5.85. The van der Waals surface area contributed by atoms with Gasteiger partial charge in [-0.25, -0.2) is 0 Å². The lowest BCUT2D eigenvalue weighted by Gasteiger charge is -2.09. The molecule has 0 saturated heterocycles. The van der Waals surface area contributed by atoms with Crippen molar-refractivity contribution in [1.82, 2.24) is 9.88 Å². The summed E-state index contributed by atoms with van der Waals surface area (Å²) in [5, 5.41) is 6.85. The number of benzene rings is 3. The molecular formula is C26H25N3O2. The van der Waals surface area contributed by atoms with Crippen molar-refractivity contribution in [3.05, 3.63) is 101 Å². The molecule has 0 saturated carbocycles. The number of amides is 2. The smallest absolute Gasteiger partial charge is 0.268 e. The van der Waals surface area contributed by atoms with Crippen molar-refractivity contribution in [3.63, 3.8) is 0 Å². The second-order valence-electron chi connectivity index (χ2n) is 7.54. The molecule has 0 unspecified atom stereocenters. The molecule has 0 fully saturated rings. The van der Waals surface area contributed by atoms with Gasteiger partial charge >= 0.3 is 0 Å². The number of nitrogens with one attached hydrogen (secondary N) is 2. The van der Waals surface area contributed by atoms with Gasteiger partial charge in [0.15, 0.2) is 0 Å². The summed E-state index contributed by atoms with van der Waals surface area (Å²) in [5.74, 6) is -0.276. The largest absolute Gasteiger partial charge is 0.347 e. The quantitative estimate of drug-likeness (QED) is 0.461. The maximum atomic E-state index is 12.8. The third-order valence-electron chi connectivity index (χ3n) is 5.32. The lowest BCUT2D eigenvalue weighted by Crippen LogP contribution is -2.25. The first kappa shape index (κ1) is 20.4. The second kappa shape index (κ2) is 8.88. The zero-order valence-corrected chi connectivity index (χ0v) is 17.7. The van der Waals surface area contributed by atoms with Crippen molar-refractivity contribution in [2.45, 2.75) is 26.9 Å². The van der Waals surface area contributed by atoms with E-state index in [-0.39, 0.29) is 11.8 Å². The zero-order chi connectivity index (χ0) is 21.8. The summed E-state index contributed by atoms with van der Waals surface area (Å²) >= 11 is 0. The number of aryl methyl sites for hydroxylation is 2. The van der Waals surface area contributed by atoms with Crippen LogP contribution in [-0.2, 0) is 13.1 Å². The van der Waals surface area contributed by atoms with Gasteiger partial charge in [0.05, 0.1) is 0 Å². The standard InChI is InChI=1S/C26H25N3O2/c1-3-29-23-14-13-22(28-25(30)20-11-9-18(2)10-12-20)15-21(23)16-24(29)26(31)27-17-19-7-5-4-6-8-19/h4-16H,3,17H2,1-2H3,(H,27,31)(H,28,30). The molecule has 5 heteroatoms. The van der Waals surface area contributed by atoms with E-state index in [1.165, 1.54) is 0 Å². The number of carbonyl (C=O) groups excluding carboxylic acids is 2. The number of rotatable bonds is 6. The molecule has 1 heterocycles. The molecule has 4 aromatic rings. The van der Waals surface area contributed by atoms with Gasteiger partial charge in [0.25, 0.3) is 11.8 Å². The fraction of sp³-hybridized carbons (Fsp3) is 0.154. The molecule has 5 nitrogen and oxygen atoms in total. The monoisotopic (exact) mass is 411 g/mol. The topological polar surface area (TPSA) is 63.1 Å². The van der Waals surface area contributed by atoms with Crippen LogP contribution < -0.4 is 10.6 Å². The fourth-order valence-electron chi connectivity index (χ4n) is 3.65. The minimum atomic E-state index is -0.157. The zero-order valence-electron chi connectivity index (χ0n) is 17.7. The molecule has 2 N–H and O–H groups in total. The first-order valence-electron chi connectivity index (χ1n) is 10.4. The molecule has 0 spiro atoms. The van der Waals surface area contributed by atoms with Crippen molar-refractivity contribution in [2.75, 3.05) is 5.32 Å². The summed E-state index contributed by atoms with van der Waals surface area (Å²) in [4.78, 5) is 25.4. The van der Waals surface area contributed by atoms with Crippen LogP contribution in [0.25, 0.3) is 10.9 Å². The van der Waals surface area contributed by atoms with Crippen molar-refractivity contribution in [3.8, 4) is 0 Å². The maximum Gasteiger partial charge on any atom is 0.268 e. The number of carbonyl (C=O) groups is 2. The van der Waals surface area contributed by atoms with Gasteiger partial charge in [0, 0.05) is 35.2 Å². The van der Waals surface area contributed by atoms with Crippen molar-refractivity contribution >= 4 is 28.4 Å². The van der Waals surface area contributed by atoms with Gasteiger partial charge in [-0.05, 0) is 55.8 Å². The van der Waals surface area contributed by atoms with Crippen LogP contribution in [0.2, 0.25) is 0 Å². The first-order valence-corrected chi connectivity index (χ1v) is 10.4. The van der Waals surface area contributed by atoms with Crippen LogP contribution >= 0.6 is 0 Å². The molecule has 4 rings (SSSR count). The van der Waals surface area contributed by atoms with Gasteiger partial charge < -0.3 is 15.2 Å². The van der Waals surface area contributed by atoms with Gasteiger partial charge in [0.2, 0.25) is 0 Å². The lowest BCUT2D eigenvalue weighted by atomic mass is 10.1. The molecule has 0 atom stereocenters. The van der Waals surface area contributed by atoms with E-state index in [4.69, 9.17) is 0 Å². The highest BCUT2D eigenvalue weighted by Crippen LogP contribution is 2.24. The number of nitrogens with zero attached hydrogens (tertiary/aromatic N) is 1. The van der Waals surface area contributed by atoms with E-state index in [0.717, 1.165) is 22.0 Å². The van der Waals surface area contributed by atoms with Gasteiger partial charge in [-0.15, -0.1) is 0 Å². The van der Waals surface area contributed by atoms with Gasteiger partial charge in [-0.3, -0.25) is 9.59 Å². The van der Waals surface area contributed by atoms with E-state index in [2.05, 4.69) is 10.6 Å². The SMILES string of the molecule is CCn1c(C(=O)NCc2ccccc2)cc2cc(NC(=O)c3ccc(C)cc3)ccc21. The van der Waals surface area contributed by atoms with E-state index in [9.17, 15) is 9.59 Å². The summed E-state index contributed by atoms with van der Waals surface area (Å²) in [6.45, 7) is 5.15. The van der Waals surface area contributed by atoms with Crippen LogP contribution in [-0.4, -0.2) is 16.4 Å². The molecule has 0 aliphatic carbocycles. The Morgan fingerprint density at radius 1 is 0.871 bits per heavy atom. The summed E-state index contributed by atoms with van der Waals surface area (Å²) in [6, 6.07) is 24.9. The van der Waals surface area contributed by atoms with Crippen LogP contribution in [0.1, 0.15) is 38.9 Å². The van der Waals surface area contributed by atoms with Crippen molar-refractivity contribution in [2.24, 2.45) is 0 Å². The minimum Gasteiger partial charge on any atom is -0.347 e. The molecule has 31 heavy (non-hydrogen) atoms. The van der Waals surface area contributed by atoms with Crippen LogP contribution in [0.3, 0.4) is 0 Å². The second-order valence-corrected chi connectivity index (χ2v) is 7.54. The first-order chi connectivity index (χ1) is 15.0. The Morgan fingerprint density at radius 2 is 1.61 bits per heavy atom. The molecular weight excluding hydrogens is 386 g/mol. The average molecular weight is 412 g/mol. The molecule has 0 radical (unpaired) electrons. The predicted molar refractivity (Wildman–Crippen MR) is 124 cm³/mol. The molecule has 3 aromatic carbocycles. The summed E-state index contributed by atoms with van der Waals surface area (Å²) < 4.78 is 1.99. The highest BCUT2D eigenvalue weighted by Gasteiger charge is 2.15. The molecule has 2 amide bonds. The maximum absolute atomic E-state index is 12.8. The van der Waals surface area contributed by atoms with Crippen LogP contribution in [0.4, 0.5) is 5.69 Å². The van der Waals surface area contributed by atoms with E-state index in [0.29, 0.717) is 30.0 Å². The number of hydrogen-bond acceptors (Lipinski definition) is 2. The number of fused-ring (bicyclic) bond motifs is 1. The number of anilines is 1. The van der Waals surface area contributed by atoms with E-state index in [1.54, 1.807) is 0 Å². The molecule has 1 aromatic heterocycles. The van der Waals surface area contributed by atoms with Crippen LogP contribution in [0.5, 0.6) is 0 Å².